The van der Waals surface area contributed by atoms with Gasteiger partial charge in [0.1, 0.15) is 6.61 Å². The highest BCUT2D eigenvalue weighted by Gasteiger charge is 2.34. The Morgan fingerprint density at radius 3 is 2.38 bits per heavy atom. The number of ether oxygens (including phenoxy) is 1. The van der Waals surface area contributed by atoms with Gasteiger partial charge < -0.3 is 9.29 Å². The molecule has 1 N–H and O–H groups in total. The van der Waals surface area contributed by atoms with Gasteiger partial charge in [-0.25, -0.2) is 4.21 Å². The minimum absolute atomic E-state index is 0.203. The number of carbonyl (C=O) groups is 2. The minimum atomic E-state index is -4.74. The first kappa shape index (κ1) is 22.3. The molecule has 0 radical (unpaired) electrons. The lowest BCUT2D eigenvalue weighted by Gasteiger charge is -2.14. The zero-order valence-corrected chi connectivity index (χ0v) is 15.5. The lowest BCUT2D eigenvalue weighted by Crippen LogP contribution is -2.26. The van der Waals surface area contributed by atoms with Crippen LogP contribution in [0.3, 0.4) is 0 Å². The van der Waals surface area contributed by atoms with Crippen molar-refractivity contribution in [1.82, 2.24) is 0 Å². The van der Waals surface area contributed by atoms with Gasteiger partial charge in [-0.15, -0.1) is 0 Å². The summed E-state index contributed by atoms with van der Waals surface area (Å²) >= 11 is -2.55. The first-order valence-electron chi connectivity index (χ1n) is 8.05. The summed E-state index contributed by atoms with van der Waals surface area (Å²) in [5.41, 5.74) is -1.35. The molecule has 0 aliphatic rings. The van der Waals surface area contributed by atoms with Crippen LogP contribution < -0.4 is 0 Å². The fourth-order valence-corrected chi connectivity index (χ4v) is 2.95. The number of nitrogens with zero attached hydrogens (tertiary/aromatic N) is 1. The summed E-state index contributed by atoms with van der Waals surface area (Å²) in [5, 5.41) is 9.22. The van der Waals surface area contributed by atoms with Crippen molar-refractivity contribution in [2.75, 3.05) is 0 Å². The topological polar surface area (TPSA) is 104 Å². The Kier molecular flexibility index (Phi) is 7.25. The van der Waals surface area contributed by atoms with E-state index in [9.17, 15) is 32.2 Å². The van der Waals surface area contributed by atoms with E-state index in [-0.39, 0.29) is 6.61 Å². The highest BCUT2D eigenvalue weighted by atomic mass is 32.2. The molecule has 0 spiro atoms. The van der Waals surface area contributed by atoms with E-state index in [0.717, 1.165) is 6.07 Å². The van der Waals surface area contributed by atoms with E-state index in [1.54, 1.807) is 30.3 Å². The lowest BCUT2D eigenvalue weighted by atomic mass is 9.94. The van der Waals surface area contributed by atoms with Crippen LogP contribution in [0.25, 0.3) is 0 Å². The quantitative estimate of drug-likeness (QED) is 0.315. The Labute approximate surface area is 166 Å². The number of nitriles is 1. The number of alkyl halides is 3. The van der Waals surface area contributed by atoms with Gasteiger partial charge >= 0.3 is 12.1 Å². The molecule has 2 aromatic carbocycles. The second-order valence-corrected chi connectivity index (χ2v) is 6.79. The van der Waals surface area contributed by atoms with Gasteiger partial charge in [0.15, 0.2) is 16.9 Å². The number of ketones is 1. The Morgan fingerprint density at radius 2 is 1.83 bits per heavy atom. The third kappa shape index (κ3) is 5.97. The molecule has 0 bridgehead atoms. The van der Waals surface area contributed by atoms with Crippen molar-refractivity contribution in [3.8, 4) is 6.07 Å². The number of esters is 1. The van der Waals surface area contributed by atoms with Crippen molar-refractivity contribution >= 4 is 22.8 Å². The molecule has 0 aromatic heterocycles. The van der Waals surface area contributed by atoms with Crippen LogP contribution >= 0.6 is 0 Å². The molecule has 152 valence electrons. The zero-order valence-electron chi connectivity index (χ0n) is 14.7. The molecule has 0 saturated carbocycles. The monoisotopic (exact) mass is 425 g/mol. The van der Waals surface area contributed by atoms with Crippen LogP contribution in [0.5, 0.6) is 0 Å². The number of rotatable bonds is 7. The highest BCUT2D eigenvalue weighted by Crippen LogP contribution is 2.31. The van der Waals surface area contributed by atoms with Crippen molar-refractivity contribution in [2.45, 2.75) is 18.5 Å². The molecule has 10 heteroatoms. The molecule has 6 nitrogen and oxygen atoms in total. The van der Waals surface area contributed by atoms with E-state index in [2.05, 4.69) is 0 Å². The Bertz CT molecular complexity index is 970. The normalized spacial score (nSPS) is 13.2. The summed E-state index contributed by atoms with van der Waals surface area (Å²) < 4.78 is 63.8. The van der Waals surface area contributed by atoms with Gasteiger partial charge in [0, 0.05) is 5.56 Å². The van der Waals surface area contributed by atoms with Gasteiger partial charge in [-0.1, -0.05) is 36.4 Å². The van der Waals surface area contributed by atoms with Gasteiger partial charge in [0.2, 0.25) is 5.92 Å². The molecule has 29 heavy (non-hydrogen) atoms. The third-order valence-corrected chi connectivity index (χ3v) is 4.39. The van der Waals surface area contributed by atoms with Crippen LogP contribution in [0.1, 0.15) is 27.0 Å². The van der Waals surface area contributed by atoms with Crippen LogP contribution in [0.2, 0.25) is 0 Å². The third-order valence-electron chi connectivity index (χ3n) is 3.83. The van der Waals surface area contributed by atoms with Crippen LogP contribution in [0.4, 0.5) is 13.2 Å². The second kappa shape index (κ2) is 9.45. The lowest BCUT2D eigenvalue weighted by molar-refractivity contribution is -0.146. The van der Waals surface area contributed by atoms with Crippen LogP contribution in [-0.2, 0) is 39.1 Å². The maximum atomic E-state index is 12.9. The van der Waals surface area contributed by atoms with Crippen molar-refractivity contribution in [1.29, 1.82) is 5.26 Å². The average Bonchev–Trinajstić information content (AvgIpc) is 2.66. The van der Waals surface area contributed by atoms with Gasteiger partial charge in [0.25, 0.3) is 0 Å². The maximum absolute atomic E-state index is 12.9. The van der Waals surface area contributed by atoms with E-state index in [4.69, 9.17) is 9.29 Å². The summed E-state index contributed by atoms with van der Waals surface area (Å²) in [6.07, 6.45) is -4.74. The fraction of sp³-hybridized carbons (Fsp3) is 0.211. The van der Waals surface area contributed by atoms with Gasteiger partial charge in [-0.3, -0.25) is 9.59 Å². The molecule has 0 heterocycles. The number of hydrogen-bond donors (Lipinski definition) is 1. The van der Waals surface area contributed by atoms with E-state index < -0.39 is 57.4 Å². The molecular weight excluding hydrogens is 411 g/mol. The fourth-order valence-electron chi connectivity index (χ4n) is 2.45. The minimum Gasteiger partial charge on any atom is -0.459 e. The molecule has 0 amide bonds. The molecule has 2 rings (SSSR count). The first-order valence-corrected chi connectivity index (χ1v) is 9.33. The van der Waals surface area contributed by atoms with Gasteiger partial charge in [-0.2, -0.15) is 18.4 Å². The number of Topliss-reactive ketones (excluding diaryl/α,β-unsaturated/α-hetero) is 1. The SMILES string of the molecule is N#CC(C(=O)OCc1ccccc1)C(=O)c1ccc(C(F)(F)F)cc1CS(=O)O. The van der Waals surface area contributed by atoms with Crippen molar-refractivity contribution in [2.24, 2.45) is 5.92 Å². The van der Waals surface area contributed by atoms with E-state index >= 15 is 0 Å². The number of carbonyl (C=O) groups excluding carboxylic acids is 2. The van der Waals surface area contributed by atoms with Crippen LogP contribution in [-0.4, -0.2) is 20.5 Å². The summed E-state index contributed by atoms with van der Waals surface area (Å²) in [7, 11) is 0. The van der Waals surface area contributed by atoms with Gasteiger partial charge in [0.05, 0.1) is 17.4 Å². The Hall–Kier alpha value is -3.03. The van der Waals surface area contributed by atoms with Crippen molar-refractivity contribution in [3.63, 3.8) is 0 Å². The predicted molar refractivity (Wildman–Crippen MR) is 95.6 cm³/mol. The van der Waals surface area contributed by atoms with E-state index in [1.165, 1.54) is 6.07 Å². The molecule has 2 aromatic rings. The number of hydrogen-bond acceptors (Lipinski definition) is 5. The molecule has 2 atom stereocenters. The smallest absolute Gasteiger partial charge is 0.416 e. The molecule has 0 aliphatic carbocycles. The van der Waals surface area contributed by atoms with Crippen molar-refractivity contribution in [3.05, 3.63) is 70.8 Å². The molecule has 0 aliphatic heterocycles. The second-order valence-electron chi connectivity index (χ2n) is 5.86. The first-order chi connectivity index (χ1) is 13.6. The summed E-state index contributed by atoms with van der Waals surface area (Å²) in [4.78, 5) is 24.8. The molecule has 2 unspecified atom stereocenters. The average molecular weight is 425 g/mol. The summed E-state index contributed by atoms with van der Waals surface area (Å²) in [5.74, 6) is -4.99. The Balaban J connectivity index is 2.28. The van der Waals surface area contributed by atoms with Crippen molar-refractivity contribution < 1.29 is 36.3 Å². The number of halogens is 3. The largest absolute Gasteiger partial charge is 0.459 e. The van der Waals surface area contributed by atoms with Gasteiger partial charge in [-0.05, 0) is 23.3 Å². The zero-order chi connectivity index (χ0) is 21.6. The van der Waals surface area contributed by atoms with Crippen LogP contribution in [0.15, 0.2) is 48.5 Å². The van der Waals surface area contributed by atoms with Crippen LogP contribution in [0, 0.1) is 17.2 Å². The Morgan fingerprint density at radius 1 is 1.17 bits per heavy atom. The predicted octanol–water partition coefficient (Wildman–Crippen LogP) is 3.49. The standard InChI is InChI=1S/C19H14F3NO5S/c20-19(21,22)14-6-7-15(13(8-14)11-29(26)27)17(24)16(9-23)18(25)28-10-12-4-2-1-3-5-12/h1-8,16H,10-11H2,(H,26,27). The molecule has 0 saturated heterocycles. The highest BCUT2D eigenvalue weighted by molar-refractivity contribution is 7.78. The van der Waals surface area contributed by atoms with E-state index in [0.29, 0.717) is 17.7 Å². The summed E-state index contributed by atoms with van der Waals surface area (Å²) in [6, 6.07) is 11.8. The van der Waals surface area contributed by atoms with E-state index in [1.807, 2.05) is 0 Å². The maximum Gasteiger partial charge on any atom is 0.416 e. The molecular formula is C19H14F3NO5S. The molecule has 0 fully saturated rings. The summed E-state index contributed by atoms with van der Waals surface area (Å²) in [6.45, 7) is -0.203. The number of benzene rings is 2.